The average Bonchev–Trinajstić information content (AvgIpc) is 2.95. The van der Waals surface area contributed by atoms with E-state index in [0.717, 1.165) is 75.5 Å². The van der Waals surface area contributed by atoms with Crippen LogP contribution in [0.25, 0.3) is 0 Å². The molecule has 2 fully saturated rings. The molecule has 4 rings (SSSR count). The maximum absolute atomic E-state index is 13.0. The van der Waals surface area contributed by atoms with Crippen molar-refractivity contribution >= 4 is 5.91 Å². The van der Waals surface area contributed by atoms with E-state index >= 15 is 0 Å². The molecule has 0 bridgehead atoms. The van der Waals surface area contributed by atoms with Crippen LogP contribution in [0.2, 0.25) is 0 Å². The van der Waals surface area contributed by atoms with Crippen molar-refractivity contribution in [1.29, 1.82) is 0 Å². The lowest BCUT2D eigenvalue weighted by molar-refractivity contribution is -0.145. The van der Waals surface area contributed by atoms with Crippen LogP contribution in [0.15, 0.2) is 24.5 Å². The van der Waals surface area contributed by atoms with Gasteiger partial charge in [0.1, 0.15) is 5.75 Å². The highest BCUT2D eigenvalue weighted by atomic mass is 19.4. The average molecular weight is 564 g/mol. The fourth-order valence-corrected chi connectivity index (χ4v) is 5.70. The summed E-state index contributed by atoms with van der Waals surface area (Å²) in [5, 5.41) is 3.35. The van der Waals surface area contributed by atoms with Gasteiger partial charge in [-0.3, -0.25) is 9.69 Å². The van der Waals surface area contributed by atoms with E-state index in [4.69, 9.17) is 9.47 Å². The first-order chi connectivity index (χ1) is 19.2. The molecule has 1 aromatic carbocycles. The summed E-state index contributed by atoms with van der Waals surface area (Å²) in [6.07, 6.45) is 2.42. The number of hydrogen-bond donors (Lipinski definition) is 1. The Labute approximate surface area is 234 Å². The van der Waals surface area contributed by atoms with Gasteiger partial charge in [0.05, 0.1) is 18.8 Å². The largest absolute Gasteiger partial charge is 0.493 e. The van der Waals surface area contributed by atoms with E-state index in [2.05, 4.69) is 46.2 Å². The van der Waals surface area contributed by atoms with Crippen molar-refractivity contribution in [2.24, 2.45) is 0 Å². The topological polar surface area (TPSA) is 79.8 Å². The second kappa shape index (κ2) is 13.7. The number of rotatable bonds is 11. The van der Waals surface area contributed by atoms with E-state index in [9.17, 15) is 18.0 Å². The van der Waals surface area contributed by atoms with Gasteiger partial charge < -0.3 is 19.7 Å². The second-order valence-corrected chi connectivity index (χ2v) is 10.6. The molecule has 2 atom stereocenters. The van der Waals surface area contributed by atoms with Crippen molar-refractivity contribution in [3.63, 3.8) is 0 Å². The third-order valence-corrected chi connectivity index (χ3v) is 8.01. The smallest absolute Gasteiger partial charge is 0.451 e. The van der Waals surface area contributed by atoms with Gasteiger partial charge in [0.15, 0.2) is 0 Å². The number of piperidine rings is 1. The molecule has 2 saturated heterocycles. The lowest BCUT2D eigenvalue weighted by Gasteiger charge is -2.48. The number of benzene rings is 1. The van der Waals surface area contributed by atoms with E-state index < -0.39 is 12.0 Å². The van der Waals surface area contributed by atoms with Gasteiger partial charge in [-0.2, -0.15) is 13.2 Å². The number of carbonyl (C=O) groups is 1. The molecular formula is C29H40F3N5O3. The number of methoxy groups -OCH3 is 1. The third kappa shape index (κ3) is 7.30. The highest BCUT2D eigenvalue weighted by Gasteiger charge is 2.38. The molecule has 220 valence electrons. The molecule has 3 heterocycles. The van der Waals surface area contributed by atoms with Gasteiger partial charge in [-0.15, -0.1) is 0 Å². The van der Waals surface area contributed by atoms with Crippen LogP contribution in [0.3, 0.4) is 0 Å². The summed E-state index contributed by atoms with van der Waals surface area (Å²) in [6, 6.07) is 4.73. The minimum atomic E-state index is -4.63. The number of hydrogen-bond acceptors (Lipinski definition) is 7. The molecule has 1 N–H and O–H groups in total. The van der Waals surface area contributed by atoms with Crippen molar-refractivity contribution in [3.05, 3.63) is 52.6 Å². The lowest BCUT2D eigenvalue weighted by Crippen LogP contribution is -2.57. The van der Waals surface area contributed by atoms with E-state index in [1.54, 1.807) is 12.0 Å². The highest BCUT2D eigenvalue weighted by molar-refractivity contribution is 5.93. The first kappa shape index (κ1) is 30.2. The molecule has 2 aliphatic heterocycles. The van der Waals surface area contributed by atoms with E-state index in [-0.39, 0.29) is 23.6 Å². The molecule has 0 saturated carbocycles. The van der Waals surface area contributed by atoms with Crippen molar-refractivity contribution in [2.45, 2.75) is 64.2 Å². The molecule has 2 aliphatic rings. The molecule has 1 amide bonds. The summed E-state index contributed by atoms with van der Waals surface area (Å²) in [7, 11) is 1.70. The normalized spacial score (nSPS) is 19.9. The first-order valence-electron chi connectivity index (χ1n) is 14.1. The zero-order chi connectivity index (χ0) is 28.7. The van der Waals surface area contributed by atoms with Crippen molar-refractivity contribution in [3.8, 4) is 5.75 Å². The Morgan fingerprint density at radius 3 is 2.55 bits per heavy atom. The second-order valence-electron chi connectivity index (χ2n) is 10.6. The van der Waals surface area contributed by atoms with E-state index in [0.29, 0.717) is 26.2 Å². The number of nitrogens with one attached hydrogen (secondary N) is 1. The van der Waals surface area contributed by atoms with Crippen molar-refractivity contribution < 1.29 is 27.4 Å². The summed E-state index contributed by atoms with van der Waals surface area (Å²) < 4.78 is 49.6. The molecule has 40 heavy (non-hydrogen) atoms. The Kier molecular flexibility index (Phi) is 10.4. The first-order valence-corrected chi connectivity index (χ1v) is 14.1. The molecule has 8 nitrogen and oxygen atoms in total. The zero-order valence-corrected chi connectivity index (χ0v) is 23.6. The Balaban J connectivity index is 1.34. The summed E-state index contributed by atoms with van der Waals surface area (Å²) in [5.74, 6) is -0.637. The van der Waals surface area contributed by atoms with Gasteiger partial charge in [0.2, 0.25) is 5.82 Å². The predicted molar refractivity (Wildman–Crippen MR) is 145 cm³/mol. The van der Waals surface area contributed by atoms with Crippen molar-refractivity contribution in [2.75, 3.05) is 53.0 Å². The molecule has 0 aliphatic carbocycles. The fourth-order valence-electron chi connectivity index (χ4n) is 5.70. The molecule has 11 heteroatoms. The Hall–Kier alpha value is -2.76. The number of nitrogens with zero attached hydrogens (tertiary/aromatic N) is 4. The number of ether oxygens (including phenoxy) is 2. The molecule has 0 spiro atoms. The number of piperazine rings is 1. The van der Waals surface area contributed by atoms with E-state index in [1.165, 1.54) is 11.1 Å². The van der Waals surface area contributed by atoms with Crippen LogP contribution in [0.5, 0.6) is 5.75 Å². The highest BCUT2D eigenvalue weighted by Crippen LogP contribution is 2.39. The number of carbonyl (C=O) groups excluding carboxylic acids is 1. The van der Waals surface area contributed by atoms with Crippen LogP contribution in [0.1, 0.15) is 71.0 Å². The summed E-state index contributed by atoms with van der Waals surface area (Å²) in [5.41, 5.74) is 3.78. The minimum Gasteiger partial charge on any atom is -0.493 e. The van der Waals surface area contributed by atoms with E-state index in [1.807, 2.05) is 0 Å². The van der Waals surface area contributed by atoms with Gasteiger partial charge in [0.25, 0.3) is 5.91 Å². The Morgan fingerprint density at radius 2 is 1.82 bits per heavy atom. The SMILES string of the molecule is COCCNCCCCOc1ccc([C@H]2CCC[C@H]3CN(C(=O)c4cnc(C(F)(F)F)nc4)CCN32)c(C)c1C. The van der Waals surface area contributed by atoms with Gasteiger partial charge >= 0.3 is 6.18 Å². The minimum absolute atomic E-state index is 0.0817. The molecular weight excluding hydrogens is 523 g/mol. The lowest BCUT2D eigenvalue weighted by atomic mass is 9.86. The van der Waals surface area contributed by atoms with Gasteiger partial charge in [-0.05, 0) is 75.3 Å². The standard InChI is InChI=1S/C29H40F3N5O3/c1-20-21(2)26(40-15-5-4-11-33-12-16-39-3)10-9-24(20)25-8-6-7-23-19-36(13-14-37(23)25)27(38)22-17-34-28(35-18-22)29(30,31)32/h9-10,17-18,23,25,33H,4-8,11-16,19H2,1-3H3/t23-,25+/m0/s1. The summed E-state index contributed by atoms with van der Waals surface area (Å²) in [4.78, 5) is 24.0. The maximum atomic E-state index is 13.0. The van der Waals surface area contributed by atoms with Gasteiger partial charge in [-0.1, -0.05) is 6.07 Å². The number of fused-ring (bicyclic) bond motifs is 1. The number of unbranched alkanes of at least 4 members (excludes halogenated alkanes) is 1. The number of halogens is 3. The Bertz CT molecular complexity index is 1130. The molecule has 1 aromatic heterocycles. The molecule has 0 unspecified atom stereocenters. The molecule has 2 aromatic rings. The number of aromatic nitrogens is 2. The molecule has 0 radical (unpaired) electrons. The Morgan fingerprint density at radius 1 is 1.05 bits per heavy atom. The quantitative estimate of drug-likeness (QED) is 0.402. The van der Waals surface area contributed by atoms with Crippen LogP contribution in [0, 0.1) is 13.8 Å². The van der Waals surface area contributed by atoms with Gasteiger partial charge in [-0.25, -0.2) is 9.97 Å². The zero-order valence-electron chi connectivity index (χ0n) is 23.6. The van der Waals surface area contributed by atoms with Crippen molar-refractivity contribution in [1.82, 2.24) is 25.1 Å². The van der Waals surface area contributed by atoms with Crippen LogP contribution in [-0.4, -0.2) is 84.8 Å². The summed E-state index contributed by atoms with van der Waals surface area (Å²) >= 11 is 0. The van der Waals surface area contributed by atoms with Crippen LogP contribution < -0.4 is 10.1 Å². The van der Waals surface area contributed by atoms with Gasteiger partial charge in [0, 0.05) is 57.8 Å². The third-order valence-electron chi connectivity index (χ3n) is 8.01. The number of alkyl halides is 3. The predicted octanol–water partition coefficient (Wildman–Crippen LogP) is 4.56. The fraction of sp³-hybridized carbons (Fsp3) is 0.621. The van der Waals surface area contributed by atoms with Crippen LogP contribution in [0.4, 0.5) is 13.2 Å². The maximum Gasteiger partial charge on any atom is 0.451 e. The monoisotopic (exact) mass is 563 g/mol. The van der Waals surface area contributed by atoms with Crippen LogP contribution in [-0.2, 0) is 10.9 Å². The van der Waals surface area contributed by atoms with Crippen LogP contribution >= 0.6 is 0 Å². The summed E-state index contributed by atoms with van der Waals surface area (Å²) in [6.45, 7) is 9.23. The number of amides is 1.